The Morgan fingerprint density at radius 3 is 2.67 bits per heavy atom. The summed E-state index contributed by atoms with van der Waals surface area (Å²) in [5.74, 6) is 0. The number of rotatable bonds is 2. The fraction of sp³-hybridized carbons (Fsp3) is 0.800. The SMILES string of the molecule is COC1/C=C\CCCCC1OC. The van der Waals surface area contributed by atoms with Gasteiger partial charge in [0.15, 0.2) is 0 Å². The molecule has 0 N–H and O–H groups in total. The molecule has 0 saturated carbocycles. The van der Waals surface area contributed by atoms with Gasteiger partial charge in [0.2, 0.25) is 0 Å². The third-order valence-corrected chi connectivity index (χ3v) is 2.38. The Balaban J connectivity index is 2.53. The van der Waals surface area contributed by atoms with E-state index in [1.807, 2.05) is 0 Å². The fourth-order valence-electron chi connectivity index (χ4n) is 1.61. The van der Waals surface area contributed by atoms with Crippen LogP contribution in [0, 0.1) is 0 Å². The first-order chi connectivity index (χ1) is 5.88. The highest BCUT2D eigenvalue weighted by molar-refractivity contribution is 4.95. The second-order valence-corrected chi connectivity index (χ2v) is 3.19. The van der Waals surface area contributed by atoms with E-state index < -0.39 is 0 Å². The van der Waals surface area contributed by atoms with Crippen molar-refractivity contribution in [2.45, 2.75) is 37.9 Å². The molecular formula is C10H18O2. The average Bonchev–Trinajstić information content (AvgIpc) is 2.05. The normalized spacial score (nSPS) is 33.8. The highest BCUT2D eigenvalue weighted by Crippen LogP contribution is 2.16. The monoisotopic (exact) mass is 170 g/mol. The molecule has 0 radical (unpaired) electrons. The Morgan fingerprint density at radius 2 is 2.00 bits per heavy atom. The van der Waals surface area contributed by atoms with Gasteiger partial charge in [0.1, 0.15) is 6.10 Å². The molecule has 2 heteroatoms. The molecule has 1 aliphatic carbocycles. The summed E-state index contributed by atoms with van der Waals surface area (Å²) in [6, 6.07) is 0. The first kappa shape index (κ1) is 9.75. The average molecular weight is 170 g/mol. The minimum atomic E-state index is 0.148. The van der Waals surface area contributed by atoms with Crippen LogP contribution in [-0.4, -0.2) is 26.4 Å². The van der Waals surface area contributed by atoms with Gasteiger partial charge in [0.05, 0.1) is 6.10 Å². The van der Waals surface area contributed by atoms with Crippen molar-refractivity contribution in [1.29, 1.82) is 0 Å². The molecule has 1 rings (SSSR count). The molecule has 0 saturated heterocycles. The van der Waals surface area contributed by atoms with E-state index in [2.05, 4.69) is 12.2 Å². The molecule has 0 bridgehead atoms. The van der Waals surface area contributed by atoms with Crippen LogP contribution in [0.3, 0.4) is 0 Å². The molecule has 70 valence electrons. The summed E-state index contributed by atoms with van der Waals surface area (Å²) in [6.45, 7) is 0. The van der Waals surface area contributed by atoms with Gasteiger partial charge in [-0.1, -0.05) is 18.6 Å². The van der Waals surface area contributed by atoms with Crippen molar-refractivity contribution >= 4 is 0 Å². The van der Waals surface area contributed by atoms with Crippen LogP contribution in [0.5, 0.6) is 0 Å². The van der Waals surface area contributed by atoms with Gasteiger partial charge in [0.25, 0.3) is 0 Å². The van der Waals surface area contributed by atoms with Crippen molar-refractivity contribution in [3.05, 3.63) is 12.2 Å². The van der Waals surface area contributed by atoms with E-state index in [1.165, 1.54) is 19.3 Å². The first-order valence-corrected chi connectivity index (χ1v) is 4.60. The van der Waals surface area contributed by atoms with E-state index in [0.717, 1.165) is 6.42 Å². The molecule has 0 amide bonds. The summed E-state index contributed by atoms with van der Waals surface area (Å²) in [5.41, 5.74) is 0. The predicted octanol–water partition coefficient (Wildman–Crippen LogP) is 2.15. The molecule has 2 nitrogen and oxygen atoms in total. The zero-order valence-electron chi connectivity index (χ0n) is 7.95. The molecule has 0 aromatic rings. The highest BCUT2D eigenvalue weighted by atomic mass is 16.5. The van der Waals surface area contributed by atoms with E-state index in [0.29, 0.717) is 0 Å². The molecular weight excluding hydrogens is 152 g/mol. The third kappa shape index (κ3) is 2.61. The zero-order chi connectivity index (χ0) is 8.81. The van der Waals surface area contributed by atoms with Gasteiger partial charge in [-0.3, -0.25) is 0 Å². The van der Waals surface area contributed by atoms with Gasteiger partial charge in [-0.15, -0.1) is 0 Å². The van der Waals surface area contributed by atoms with Crippen molar-refractivity contribution in [3.8, 4) is 0 Å². The van der Waals surface area contributed by atoms with Crippen molar-refractivity contribution in [1.82, 2.24) is 0 Å². The number of methoxy groups -OCH3 is 2. The van der Waals surface area contributed by atoms with Crippen LogP contribution in [0.15, 0.2) is 12.2 Å². The van der Waals surface area contributed by atoms with Gasteiger partial charge in [-0.25, -0.2) is 0 Å². The van der Waals surface area contributed by atoms with Gasteiger partial charge >= 0.3 is 0 Å². The Labute approximate surface area is 74.6 Å². The van der Waals surface area contributed by atoms with Crippen molar-refractivity contribution < 1.29 is 9.47 Å². The second-order valence-electron chi connectivity index (χ2n) is 3.19. The Bertz CT molecular complexity index is 143. The largest absolute Gasteiger partial charge is 0.378 e. The van der Waals surface area contributed by atoms with Crippen molar-refractivity contribution in [3.63, 3.8) is 0 Å². The predicted molar refractivity (Wildman–Crippen MR) is 49.2 cm³/mol. The minimum absolute atomic E-state index is 0.148. The number of ether oxygens (including phenoxy) is 2. The zero-order valence-corrected chi connectivity index (χ0v) is 7.95. The third-order valence-electron chi connectivity index (χ3n) is 2.38. The van der Waals surface area contributed by atoms with E-state index >= 15 is 0 Å². The fourth-order valence-corrected chi connectivity index (χ4v) is 1.61. The number of hydrogen-bond donors (Lipinski definition) is 0. The molecule has 12 heavy (non-hydrogen) atoms. The first-order valence-electron chi connectivity index (χ1n) is 4.60. The van der Waals surface area contributed by atoms with Gasteiger partial charge in [-0.2, -0.15) is 0 Å². The second kappa shape index (κ2) is 5.33. The lowest BCUT2D eigenvalue weighted by atomic mass is 10.0. The summed E-state index contributed by atoms with van der Waals surface area (Å²) in [7, 11) is 3.49. The van der Waals surface area contributed by atoms with Crippen LogP contribution in [0.2, 0.25) is 0 Å². The molecule has 0 fully saturated rings. The highest BCUT2D eigenvalue weighted by Gasteiger charge is 2.18. The maximum absolute atomic E-state index is 5.35. The van der Waals surface area contributed by atoms with Crippen LogP contribution in [0.4, 0.5) is 0 Å². The lowest BCUT2D eigenvalue weighted by molar-refractivity contribution is -0.0175. The molecule has 0 aromatic carbocycles. The van der Waals surface area contributed by atoms with Crippen LogP contribution in [-0.2, 0) is 9.47 Å². The Hall–Kier alpha value is -0.340. The van der Waals surface area contributed by atoms with Gasteiger partial charge < -0.3 is 9.47 Å². The van der Waals surface area contributed by atoms with E-state index in [4.69, 9.17) is 9.47 Å². The lowest BCUT2D eigenvalue weighted by Gasteiger charge is -2.23. The molecule has 2 unspecified atom stereocenters. The van der Waals surface area contributed by atoms with Gasteiger partial charge in [-0.05, 0) is 19.3 Å². The summed E-state index contributed by atoms with van der Waals surface area (Å²) >= 11 is 0. The molecule has 0 aromatic heterocycles. The van der Waals surface area contributed by atoms with Crippen LogP contribution in [0.25, 0.3) is 0 Å². The van der Waals surface area contributed by atoms with E-state index in [-0.39, 0.29) is 12.2 Å². The topological polar surface area (TPSA) is 18.5 Å². The van der Waals surface area contributed by atoms with E-state index in [9.17, 15) is 0 Å². The quantitative estimate of drug-likeness (QED) is 0.591. The molecule has 2 atom stereocenters. The standard InChI is InChI=1S/C10H18O2/c1-11-9-7-5-3-4-6-8-10(9)12-2/h5,7,9-10H,3-4,6,8H2,1-2H3/b7-5-. The van der Waals surface area contributed by atoms with Crippen molar-refractivity contribution in [2.75, 3.05) is 14.2 Å². The molecule has 0 spiro atoms. The number of allylic oxidation sites excluding steroid dienone is 1. The van der Waals surface area contributed by atoms with E-state index in [1.54, 1.807) is 14.2 Å². The Morgan fingerprint density at radius 1 is 1.17 bits per heavy atom. The maximum Gasteiger partial charge on any atom is 0.101 e. The molecule has 1 aliphatic rings. The summed E-state index contributed by atoms with van der Waals surface area (Å²) in [4.78, 5) is 0. The lowest BCUT2D eigenvalue weighted by Crippen LogP contribution is -2.28. The molecule has 0 heterocycles. The van der Waals surface area contributed by atoms with Crippen LogP contribution < -0.4 is 0 Å². The van der Waals surface area contributed by atoms with Crippen LogP contribution >= 0.6 is 0 Å². The molecule has 0 aliphatic heterocycles. The maximum atomic E-state index is 5.35. The van der Waals surface area contributed by atoms with Crippen LogP contribution in [0.1, 0.15) is 25.7 Å². The minimum Gasteiger partial charge on any atom is -0.378 e. The van der Waals surface area contributed by atoms with Gasteiger partial charge in [0, 0.05) is 14.2 Å². The van der Waals surface area contributed by atoms with Crippen molar-refractivity contribution in [2.24, 2.45) is 0 Å². The smallest absolute Gasteiger partial charge is 0.101 e. The Kier molecular flexibility index (Phi) is 4.33. The summed E-state index contributed by atoms with van der Waals surface area (Å²) < 4.78 is 10.7. The summed E-state index contributed by atoms with van der Waals surface area (Å²) in [5, 5.41) is 0. The summed E-state index contributed by atoms with van der Waals surface area (Å²) in [6.07, 6.45) is 9.50. The number of hydrogen-bond acceptors (Lipinski definition) is 2.